The molecule has 0 radical (unpaired) electrons. The fraction of sp³-hybridized carbons (Fsp3) is 0.444. The molecule has 0 fully saturated rings. The highest BCUT2D eigenvalue weighted by Crippen LogP contribution is 2.16. The third-order valence-corrected chi connectivity index (χ3v) is 1.71. The summed E-state index contributed by atoms with van der Waals surface area (Å²) in [4.78, 5) is 13.7. The van der Waals surface area contributed by atoms with Crippen LogP contribution in [-0.4, -0.2) is 34.5 Å². The van der Waals surface area contributed by atoms with Crippen molar-refractivity contribution in [3.8, 4) is 0 Å². The Labute approximate surface area is 94.9 Å². The molecule has 0 aromatic carbocycles. The van der Waals surface area contributed by atoms with E-state index >= 15 is 0 Å². The van der Waals surface area contributed by atoms with E-state index in [4.69, 9.17) is 0 Å². The lowest BCUT2D eigenvalue weighted by Crippen LogP contribution is -2.14. The van der Waals surface area contributed by atoms with Crippen LogP contribution in [0, 0.1) is 0 Å². The third kappa shape index (κ3) is 3.89. The van der Waals surface area contributed by atoms with Crippen LogP contribution in [0.25, 0.3) is 0 Å². The van der Waals surface area contributed by atoms with Crippen molar-refractivity contribution < 1.29 is 22.7 Å². The first-order valence-electron chi connectivity index (χ1n) is 4.69. The number of aliphatic imine (C=N–C) groups is 1. The molecule has 5 nitrogen and oxygen atoms in total. The first-order valence-corrected chi connectivity index (χ1v) is 4.69. The number of carbonyl (C=O) groups excluding carboxylic acids is 1. The molecule has 17 heavy (non-hydrogen) atoms. The van der Waals surface area contributed by atoms with Gasteiger partial charge >= 0.3 is 12.3 Å². The van der Waals surface area contributed by atoms with Gasteiger partial charge in [-0.05, 0) is 13.8 Å². The molecule has 8 heteroatoms. The molecule has 0 N–H and O–H groups in total. The standard InChI is InChI=1S/C9H10F3N3O2/c1-3-17-8(16)7-4-13-15(5-7)6(2)14-9(10,11)12/h4-5H,3H2,1-2H3/b14-6+. The summed E-state index contributed by atoms with van der Waals surface area (Å²) in [5.41, 5.74) is 0.0728. The largest absolute Gasteiger partial charge is 0.504 e. The van der Waals surface area contributed by atoms with Crippen LogP contribution in [0.15, 0.2) is 17.4 Å². The van der Waals surface area contributed by atoms with Gasteiger partial charge in [-0.3, -0.25) is 0 Å². The normalized spacial score (nSPS) is 12.6. The third-order valence-electron chi connectivity index (χ3n) is 1.71. The monoisotopic (exact) mass is 249 g/mol. The number of halogens is 3. The maximum Gasteiger partial charge on any atom is 0.504 e. The number of esters is 1. The Bertz CT molecular complexity index is 437. The average molecular weight is 249 g/mol. The first kappa shape index (κ1) is 13.2. The van der Waals surface area contributed by atoms with Crippen LogP contribution >= 0.6 is 0 Å². The number of alkyl halides is 3. The molecule has 0 bridgehead atoms. The minimum Gasteiger partial charge on any atom is -0.462 e. The molecule has 1 rings (SSSR count). The SMILES string of the molecule is CCOC(=O)c1cnn(/C(C)=N/C(F)(F)F)c1. The van der Waals surface area contributed by atoms with E-state index in [2.05, 4.69) is 14.8 Å². The van der Waals surface area contributed by atoms with Gasteiger partial charge in [-0.25, -0.2) is 9.48 Å². The van der Waals surface area contributed by atoms with E-state index < -0.39 is 12.3 Å². The van der Waals surface area contributed by atoms with Gasteiger partial charge in [0.2, 0.25) is 0 Å². The second kappa shape index (κ2) is 4.98. The minimum absolute atomic E-state index is 0.0728. The molecule has 94 valence electrons. The molecule has 1 aromatic heterocycles. The van der Waals surface area contributed by atoms with Gasteiger partial charge in [-0.2, -0.15) is 10.1 Å². The minimum atomic E-state index is -4.67. The Morgan fingerprint density at radius 2 is 2.24 bits per heavy atom. The Morgan fingerprint density at radius 1 is 1.59 bits per heavy atom. The van der Waals surface area contributed by atoms with E-state index in [9.17, 15) is 18.0 Å². The van der Waals surface area contributed by atoms with E-state index in [0.29, 0.717) is 0 Å². The smallest absolute Gasteiger partial charge is 0.462 e. The second-order valence-corrected chi connectivity index (χ2v) is 3.02. The molecule has 0 aliphatic heterocycles. The molecule has 1 aromatic rings. The maximum atomic E-state index is 12.0. The van der Waals surface area contributed by atoms with Gasteiger partial charge in [0.15, 0.2) is 0 Å². The van der Waals surface area contributed by atoms with Gasteiger partial charge in [-0.15, -0.1) is 13.2 Å². The zero-order valence-electron chi connectivity index (χ0n) is 9.15. The Balaban J connectivity index is 2.88. The average Bonchev–Trinajstić information content (AvgIpc) is 2.63. The molecule has 0 atom stereocenters. The van der Waals surface area contributed by atoms with Gasteiger partial charge in [-0.1, -0.05) is 0 Å². The van der Waals surface area contributed by atoms with E-state index in [-0.39, 0.29) is 18.0 Å². The highest BCUT2D eigenvalue weighted by atomic mass is 19.4. The summed E-state index contributed by atoms with van der Waals surface area (Å²) in [5, 5.41) is 3.59. The van der Waals surface area contributed by atoms with Crippen molar-refractivity contribution in [2.45, 2.75) is 20.1 Å². The maximum absolute atomic E-state index is 12.0. The fourth-order valence-electron chi connectivity index (χ4n) is 1.05. The van der Waals surface area contributed by atoms with Crippen LogP contribution in [0.1, 0.15) is 24.2 Å². The summed E-state index contributed by atoms with van der Waals surface area (Å²) >= 11 is 0. The predicted octanol–water partition coefficient (Wildman–Crippen LogP) is 1.85. The summed E-state index contributed by atoms with van der Waals surface area (Å²) in [6.45, 7) is 2.94. The number of nitrogens with zero attached hydrogens (tertiary/aromatic N) is 3. The number of rotatable bonds is 2. The zero-order valence-corrected chi connectivity index (χ0v) is 9.15. The predicted molar refractivity (Wildman–Crippen MR) is 52.7 cm³/mol. The van der Waals surface area contributed by atoms with Crippen LogP contribution in [0.3, 0.4) is 0 Å². The van der Waals surface area contributed by atoms with E-state index in [1.807, 2.05) is 0 Å². The lowest BCUT2D eigenvalue weighted by molar-refractivity contribution is -0.119. The van der Waals surface area contributed by atoms with Crippen LogP contribution in [-0.2, 0) is 4.74 Å². The summed E-state index contributed by atoms with van der Waals surface area (Å²) in [6.07, 6.45) is -2.42. The quantitative estimate of drug-likeness (QED) is 0.348. The summed E-state index contributed by atoms with van der Waals surface area (Å²) < 4.78 is 41.4. The van der Waals surface area contributed by atoms with E-state index in [1.165, 1.54) is 0 Å². The number of carbonyl (C=O) groups is 1. The van der Waals surface area contributed by atoms with Gasteiger partial charge in [0.25, 0.3) is 0 Å². The molecule has 0 aliphatic rings. The van der Waals surface area contributed by atoms with Crippen molar-refractivity contribution in [2.75, 3.05) is 6.61 Å². The van der Waals surface area contributed by atoms with Gasteiger partial charge in [0.05, 0.1) is 18.4 Å². The molecule has 0 amide bonds. The first-order chi connectivity index (χ1) is 7.83. The van der Waals surface area contributed by atoms with Crippen LogP contribution in [0.5, 0.6) is 0 Å². The highest BCUT2D eigenvalue weighted by molar-refractivity contribution is 5.90. The Morgan fingerprint density at radius 3 is 2.76 bits per heavy atom. The molecule has 0 spiro atoms. The molecular weight excluding hydrogens is 239 g/mol. The topological polar surface area (TPSA) is 56.5 Å². The number of aromatic nitrogens is 2. The number of ether oxygens (including phenoxy) is 1. The van der Waals surface area contributed by atoms with E-state index in [0.717, 1.165) is 24.0 Å². The van der Waals surface area contributed by atoms with E-state index in [1.54, 1.807) is 6.92 Å². The summed E-state index contributed by atoms with van der Waals surface area (Å²) in [5.74, 6) is -1.02. The summed E-state index contributed by atoms with van der Waals surface area (Å²) in [6, 6.07) is 0. The van der Waals surface area contributed by atoms with Crippen LogP contribution < -0.4 is 0 Å². The van der Waals surface area contributed by atoms with Gasteiger partial charge in [0.1, 0.15) is 5.84 Å². The number of hydrogen-bond donors (Lipinski definition) is 0. The highest BCUT2D eigenvalue weighted by Gasteiger charge is 2.26. The molecular formula is C9H10F3N3O2. The lowest BCUT2D eigenvalue weighted by Gasteiger charge is -2.02. The van der Waals surface area contributed by atoms with Crippen LogP contribution in [0.4, 0.5) is 13.2 Å². The fourth-order valence-corrected chi connectivity index (χ4v) is 1.05. The second-order valence-electron chi connectivity index (χ2n) is 3.02. The van der Waals surface area contributed by atoms with Crippen molar-refractivity contribution in [1.82, 2.24) is 9.78 Å². The molecule has 1 heterocycles. The molecule has 0 unspecified atom stereocenters. The Kier molecular flexibility index (Phi) is 3.87. The lowest BCUT2D eigenvalue weighted by atomic mass is 10.4. The van der Waals surface area contributed by atoms with Crippen molar-refractivity contribution >= 4 is 11.8 Å². The molecule has 0 aliphatic carbocycles. The van der Waals surface area contributed by atoms with Crippen molar-refractivity contribution in [2.24, 2.45) is 4.99 Å². The Hall–Kier alpha value is -1.86. The van der Waals surface area contributed by atoms with Gasteiger partial charge < -0.3 is 4.74 Å². The van der Waals surface area contributed by atoms with Crippen LogP contribution in [0.2, 0.25) is 0 Å². The zero-order chi connectivity index (χ0) is 13.1. The van der Waals surface area contributed by atoms with Crippen molar-refractivity contribution in [1.29, 1.82) is 0 Å². The molecule has 0 saturated carbocycles. The van der Waals surface area contributed by atoms with Gasteiger partial charge in [0, 0.05) is 6.20 Å². The van der Waals surface area contributed by atoms with Crippen molar-refractivity contribution in [3.05, 3.63) is 18.0 Å². The number of hydrogen-bond acceptors (Lipinski definition) is 4. The molecule has 0 saturated heterocycles. The summed E-state index contributed by atoms with van der Waals surface area (Å²) in [7, 11) is 0. The van der Waals surface area contributed by atoms with Crippen molar-refractivity contribution in [3.63, 3.8) is 0 Å².